The van der Waals surface area contributed by atoms with E-state index in [2.05, 4.69) is 40.5 Å². The quantitative estimate of drug-likeness (QED) is 0.122. The summed E-state index contributed by atoms with van der Waals surface area (Å²) in [4.78, 5) is 49.9. The fourth-order valence-electron chi connectivity index (χ4n) is 6.29. The summed E-state index contributed by atoms with van der Waals surface area (Å²) in [5.41, 5.74) is 17.4. The molecule has 2 aliphatic rings. The lowest BCUT2D eigenvalue weighted by atomic mass is 10.0. The number of hydrogen-bond donors (Lipinski definition) is 4. The molecule has 2 amide bonds. The Balaban J connectivity index is 0.000000172. The van der Waals surface area contributed by atoms with Crippen molar-refractivity contribution in [1.82, 2.24) is 29.9 Å². The van der Waals surface area contributed by atoms with Gasteiger partial charge >= 0.3 is 0 Å². The summed E-state index contributed by atoms with van der Waals surface area (Å²) >= 11 is 0. The lowest BCUT2D eigenvalue weighted by Gasteiger charge is -2.12. The van der Waals surface area contributed by atoms with Gasteiger partial charge in [-0.15, -0.1) is 0 Å². The van der Waals surface area contributed by atoms with Gasteiger partial charge in [0.15, 0.2) is 0 Å². The van der Waals surface area contributed by atoms with Crippen molar-refractivity contribution in [2.75, 3.05) is 36.3 Å². The number of rotatable bonds is 10. The number of carbonyl (C=O) groups is 2. The van der Waals surface area contributed by atoms with E-state index in [0.717, 1.165) is 45.9 Å². The van der Waals surface area contributed by atoms with E-state index in [9.17, 15) is 18.4 Å². The average molecular weight is 763 g/mol. The third-order valence-corrected chi connectivity index (χ3v) is 9.75. The molecule has 0 unspecified atom stereocenters. The molecule has 6 heterocycles. The number of methoxy groups -OCH3 is 2. The highest BCUT2D eigenvalue weighted by atomic mass is 19.1. The Kier molecular flexibility index (Phi) is 10.5. The van der Waals surface area contributed by atoms with E-state index in [1.165, 1.54) is 0 Å². The molecule has 2 saturated carbocycles. The Labute approximate surface area is 320 Å². The molecular formula is C40H40F2N10O4. The van der Waals surface area contributed by atoms with Gasteiger partial charge < -0.3 is 31.6 Å². The molecule has 0 bridgehead atoms. The SMILES string of the molecule is CCc1cc(OC)ncc1-c1cc2cc(NC(=O)[C@@H]3C[C@@H]3F)ncc2c(N)n1.CCc1cc(OC)ncc1-c1cc2cc(NC(=O)[C@H]3C[C@H]3F)ncc2c(N)n1. The van der Waals surface area contributed by atoms with E-state index in [1.54, 1.807) is 51.1 Å². The summed E-state index contributed by atoms with van der Waals surface area (Å²) in [6, 6.07) is 10.9. The van der Waals surface area contributed by atoms with Crippen molar-refractivity contribution in [1.29, 1.82) is 0 Å². The number of carbonyl (C=O) groups excluding carboxylic acids is 2. The monoisotopic (exact) mass is 762 g/mol. The van der Waals surface area contributed by atoms with Crippen molar-refractivity contribution in [3.63, 3.8) is 0 Å². The van der Waals surface area contributed by atoms with Crippen molar-refractivity contribution in [2.24, 2.45) is 11.8 Å². The summed E-state index contributed by atoms with van der Waals surface area (Å²) in [5, 5.41) is 8.23. The first-order valence-electron chi connectivity index (χ1n) is 18.1. The third kappa shape index (κ3) is 7.94. The smallest absolute Gasteiger partial charge is 0.231 e. The Morgan fingerprint density at radius 3 is 1.39 bits per heavy atom. The van der Waals surface area contributed by atoms with Crippen molar-refractivity contribution in [3.05, 3.63) is 72.3 Å². The maximum atomic E-state index is 13.1. The first kappa shape index (κ1) is 37.7. The van der Waals surface area contributed by atoms with Gasteiger partial charge in [-0.3, -0.25) is 9.59 Å². The molecule has 0 radical (unpaired) electrons. The molecule has 4 atom stereocenters. The van der Waals surface area contributed by atoms with E-state index < -0.39 is 24.2 Å². The highest BCUT2D eigenvalue weighted by Gasteiger charge is 2.44. The number of nitrogen functional groups attached to an aromatic ring is 2. The van der Waals surface area contributed by atoms with Gasteiger partial charge in [-0.1, -0.05) is 13.8 Å². The second-order valence-corrected chi connectivity index (χ2v) is 13.5. The number of ether oxygens (including phenoxy) is 2. The fourth-order valence-corrected chi connectivity index (χ4v) is 6.29. The second kappa shape index (κ2) is 15.6. The molecule has 6 N–H and O–H groups in total. The van der Waals surface area contributed by atoms with Crippen molar-refractivity contribution < 1.29 is 27.8 Å². The van der Waals surface area contributed by atoms with Crippen LogP contribution in [0, 0.1) is 11.8 Å². The molecule has 6 aromatic heterocycles. The van der Waals surface area contributed by atoms with E-state index in [0.29, 0.717) is 57.2 Å². The van der Waals surface area contributed by atoms with Crippen LogP contribution in [0.3, 0.4) is 0 Å². The van der Waals surface area contributed by atoms with Crippen LogP contribution in [0.5, 0.6) is 11.8 Å². The number of nitrogens with one attached hydrogen (secondary N) is 2. The average Bonchev–Trinajstić information content (AvgIpc) is 4.13. The zero-order valence-corrected chi connectivity index (χ0v) is 31.1. The standard InChI is InChI=1S/2C20H20FN5O2/c2*1-3-10-6-18(28-2)24-8-13(10)16-4-11-5-17(23-9-14(11)19(22)25-16)26-20(27)12-7-15(12)21/h2*4-6,8-9,12,15H,3,7H2,1-2H3,(H2,22,25)(H,23,26,27)/t2*12-,15+/m10/s1. The number of hydrogen-bond acceptors (Lipinski definition) is 12. The number of anilines is 4. The van der Waals surface area contributed by atoms with Gasteiger partial charge in [0.2, 0.25) is 23.6 Å². The third-order valence-electron chi connectivity index (χ3n) is 9.75. The fraction of sp³-hybridized carbons (Fsp3) is 0.300. The molecule has 14 nitrogen and oxygen atoms in total. The summed E-state index contributed by atoms with van der Waals surface area (Å²) < 4.78 is 36.5. The predicted molar refractivity (Wildman–Crippen MR) is 209 cm³/mol. The number of amides is 2. The maximum absolute atomic E-state index is 13.1. The largest absolute Gasteiger partial charge is 0.481 e. The van der Waals surface area contributed by atoms with Crippen LogP contribution in [0.1, 0.15) is 37.8 Å². The minimum atomic E-state index is -1.05. The zero-order valence-electron chi connectivity index (χ0n) is 31.1. The van der Waals surface area contributed by atoms with E-state index >= 15 is 0 Å². The first-order valence-corrected chi connectivity index (χ1v) is 18.1. The summed E-state index contributed by atoms with van der Waals surface area (Å²) in [7, 11) is 3.15. The highest BCUT2D eigenvalue weighted by Crippen LogP contribution is 2.37. The van der Waals surface area contributed by atoms with E-state index in [1.807, 2.05) is 38.1 Å². The topological polar surface area (TPSA) is 206 Å². The van der Waals surface area contributed by atoms with Gasteiger partial charge in [-0.05, 0) is 71.8 Å². The van der Waals surface area contributed by atoms with Crippen LogP contribution in [-0.2, 0) is 22.4 Å². The number of fused-ring (bicyclic) bond motifs is 2. The second-order valence-electron chi connectivity index (χ2n) is 13.5. The van der Waals surface area contributed by atoms with Crippen LogP contribution >= 0.6 is 0 Å². The number of alkyl halides is 2. The molecule has 6 aromatic rings. The molecule has 0 spiro atoms. The van der Waals surface area contributed by atoms with E-state index in [4.69, 9.17) is 20.9 Å². The number of nitrogens with two attached hydrogens (primary N) is 2. The Morgan fingerprint density at radius 2 is 1.05 bits per heavy atom. The number of halogens is 2. The molecule has 2 aliphatic carbocycles. The van der Waals surface area contributed by atoms with Gasteiger partial charge in [-0.25, -0.2) is 38.7 Å². The normalized spacial score (nSPS) is 18.1. The van der Waals surface area contributed by atoms with Crippen LogP contribution in [0.4, 0.5) is 32.1 Å². The van der Waals surface area contributed by atoms with Gasteiger partial charge in [0.1, 0.15) is 35.6 Å². The highest BCUT2D eigenvalue weighted by molar-refractivity contribution is 6.00. The molecule has 8 rings (SSSR count). The Morgan fingerprint density at radius 1 is 0.661 bits per heavy atom. The van der Waals surface area contributed by atoms with Crippen LogP contribution in [0.15, 0.2) is 61.2 Å². The van der Waals surface area contributed by atoms with Crippen LogP contribution in [0.2, 0.25) is 0 Å². The number of aryl methyl sites for hydroxylation is 2. The zero-order chi connectivity index (χ0) is 39.7. The Bertz CT molecular complexity index is 2310. The maximum Gasteiger partial charge on any atom is 0.231 e. The molecule has 0 aromatic carbocycles. The molecule has 16 heteroatoms. The van der Waals surface area contributed by atoms with Crippen LogP contribution < -0.4 is 31.6 Å². The number of nitrogens with zero attached hydrogens (tertiary/aromatic N) is 6. The van der Waals surface area contributed by atoms with E-state index in [-0.39, 0.29) is 24.7 Å². The summed E-state index contributed by atoms with van der Waals surface area (Å²) in [6.45, 7) is 4.08. The van der Waals surface area contributed by atoms with Gasteiger partial charge in [-0.2, -0.15) is 0 Å². The Hall–Kier alpha value is -6.58. The van der Waals surface area contributed by atoms with Gasteiger partial charge in [0.25, 0.3) is 0 Å². The van der Waals surface area contributed by atoms with Crippen molar-refractivity contribution in [2.45, 2.75) is 51.9 Å². The first-order chi connectivity index (χ1) is 27.0. The molecular weight excluding hydrogens is 723 g/mol. The van der Waals surface area contributed by atoms with Gasteiger partial charge in [0.05, 0.1) is 37.4 Å². The van der Waals surface area contributed by atoms with Crippen molar-refractivity contribution >= 4 is 56.6 Å². The molecule has 56 heavy (non-hydrogen) atoms. The number of aromatic nitrogens is 6. The summed E-state index contributed by atoms with van der Waals surface area (Å²) in [5.74, 6) is 0.603. The molecule has 0 saturated heterocycles. The van der Waals surface area contributed by atoms with Crippen LogP contribution in [-0.4, -0.2) is 68.3 Å². The number of pyridine rings is 6. The predicted octanol–water partition coefficient (Wildman–Crippen LogP) is 6.28. The van der Waals surface area contributed by atoms with Crippen molar-refractivity contribution in [3.8, 4) is 34.3 Å². The van der Waals surface area contributed by atoms with Gasteiger partial charge in [0, 0.05) is 58.8 Å². The lowest BCUT2D eigenvalue weighted by Crippen LogP contribution is -2.15. The molecule has 0 aliphatic heterocycles. The molecule has 2 fully saturated rings. The van der Waals surface area contributed by atoms with Crippen LogP contribution in [0.25, 0.3) is 44.1 Å². The summed E-state index contributed by atoms with van der Waals surface area (Å²) in [6.07, 6.45) is 6.52. The lowest BCUT2D eigenvalue weighted by molar-refractivity contribution is -0.118. The minimum Gasteiger partial charge on any atom is -0.481 e. The molecule has 288 valence electrons. The minimum absolute atomic E-state index is 0.269.